The second-order valence-electron chi connectivity index (χ2n) is 9.93. The summed E-state index contributed by atoms with van der Waals surface area (Å²) in [6.07, 6.45) is 0. The Morgan fingerprint density at radius 3 is 2.14 bits per heavy atom. The average Bonchev–Trinajstić information content (AvgIpc) is 3.52. The van der Waals surface area contributed by atoms with Crippen LogP contribution in [0.15, 0.2) is 151 Å². The molecule has 9 rings (SSSR count). The van der Waals surface area contributed by atoms with E-state index in [2.05, 4.69) is 4.57 Å². The number of aromatic nitrogens is 1. The number of ether oxygens (including phenoxy) is 1. The summed E-state index contributed by atoms with van der Waals surface area (Å²) in [4.78, 5) is 0. The summed E-state index contributed by atoms with van der Waals surface area (Å²) in [5.41, 5.74) is 1.90. The molecule has 0 spiro atoms. The van der Waals surface area contributed by atoms with Crippen LogP contribution >= 0.6 is 0 Å². The maximum absolute atomic E-state index is 9.26. The third-order valence-corrected chi connectivity index (χ3v) is 7.61. The lowest BCUT2D eigenvalue weighted by molar-refractivity contribution is 0.487. The van der Waals surface area contributed by atoms with Crippen molar-refractivity contribution in [1.82, 2.24) is 4.57 Å². The van der Waals surface area contributed by atoms with Crippen molar-refractivity contribution in [3.8, 4) is 50.6 Å². The van der Waals surface area contributed by atoms with E-state index in [9.17, 15) is 5.48 Å². The predicted octanol–water partition coefficient (Wildman–Crippen LogP) is 11.0. The zero-order chi connectivity index (χ0) is 38.9. The van der Waals surface area contributed by atoms with Crippen molar-refractivity contribution < 1.29 is 22.6 Å². The Labute approximate surface area is 261 Å². The predicted molar refractivity (Wildman–Crippen MR) is 175 cm³/mol. The Kier molecular flexibility index (Phi) is 2.95. The standard InChI is InChI=1S/C40H25NO/c1-2-9-29(10-3-1)41-36-15-6-4-11-31(36)35-25-28(21-23-37(35)41)26-17-19-27(20-18-26)30-22-24-39-40-33(30)13-8-14-34(40)32-12-5-7-16-38(32)42-39/h1-25H/i5D,7D,8D,12D,13D,14D,16D,17D,18D,19D,20D,22D,24D. The van der Waals surface area contributed by atoms with Gasteiger partial charge >= 0.3 is 0 Å². The molecule has 0 amide bonds. The Balaban J connectivity index is 1.33. The minimum Gasteiger partial charge on any atom is -0.456 e. The maximum Gasteiger partial charge on any atom is 0.135 e. The van der Waals surface area contributed by atoms with E-state index in [1.807, 2.05) is 66.7 Å². The van der Waals surface area contributed by atoms with Crippen LogP contribution in [-0.2, 0) is 0 Å². The first-order valence-corrected chi connectivity index (χ1v) is 13.3. The fourth-order valence-corrected chi connectivity index (χ4v) is 5.74. The molecule has 8 aromatic rings. The minimum atomic E-state index is -0.665. The molecule has 0 saturated heterocycles. The lowest BCUT2D eigenvalue weighted by Gasteiger charge is -2.22. The number of fused-ring (bicyclic) bond motifs is 5. The quantitative estimate of drug-likeness (QED) is 0.214. The summed E-state index contributed by atoms with van der Waals surface area (Å²) in [6, 6.07) is 15.5. The minimum absolute atomic E-state index is 0.00784. The van der Waals surface area contributed by atoms with Gasteiger partial charge in [0.25, 0.3) is 0 Å². The fraction of sp³-hybridized carbons (Fsp3) is 0. The highest BCUT2D eigenvalue weighted by molar-refractivity contribution is 6.11. The number of benzene rings is 7. The molecule has 0 fully saturated rings. The van der Waals surface area contributed by atoms with E-state index in [0.29, 0.717) is 5.56 Å². The van der Waals surface area contributed by atoms with E-state index < -0.39 is 89.9 Å². The van der Waals surface area contributed by atoms with E-state index in [0.717, 1.165) is 27.5 Å². The van der Waals surface area contributed by atoms with E-state index in [1.54, 1.807) is 6.07 Å². The van der Waals surface area contributed by atoms with Crippen molar-refractivity contribution in [2.75, 3.05) is 0 Å². The lowest BCUT2D eigenvalue weighted by Crippen LogP contribution is -1.97. The summed E-state index contributed by atoms with van der Waals surface area (Å²) >= 11 is 0. The molecule has 0 N–H and O–H groups in total. The van der Waals surface area contributed by atoms with Crippen LogP contribution < -0.4 is 4.74 Å². The van der Waals surface area contributed by atoms with Gasteiger partial charge in [0.2, 0.25) is 0 Å². The van der Waals surface area contributed by atoms with Crippen molar-refractivity contribution in [3.05, 3.63) is 151 Å². The molecule has 1 aromatic heterocycles. The SMILES string of the molecule is [2H]c1c([2H])c([2H])c2c(c1[2H])Oc1c([2H])c([2H])c(-c3c([2H])c([2H])c(-c4ccc5c(c4)c4ccccc4n5-c4ccccc4)c([2H])c3[2H])c3c([2H])c([2H])c([2H])c-2c13. The molecule has 7 aromatic carbocycles. The van der Waals surface area contributed by atoms with Gasteiger partial charge in [0, 0.05) is 27.4 Å². The Hall–Kier alpha value is -5.60. The third-order valence-electron chi connectivity index (χ3n) is 7.61. The normalized spacial score (nSPS) is 16.3. The van der Waals surface area contributed by atoms with Crippen LogP contribution in [-0.4, -0.2) is 4.57 Å². The van der Waals surface area contributed by atoms with Crippen LogP contribution in [0.1, 0.15) is 17.8 Å². The zero-order valence-corrected chi connectivity index (χ0v) is 21.8. The van der Waals surface area contributed by atoms with Crippen LogP contribution in [0.3, 0.4) is 0 Å². The van der Waals surface area contributed by atoms with E-state index >= 15 is 0 Å². The molecule has 1 aliphatic heterocycles. The number of para-hydroxylation sites is 3. The van der Waals surface area contributed by atoms with Gasteiger partial charge in [0.1, 0.15) is 11.5 Å². The Morgan fingerprint density at radius 2 is 1.24 bits per heavy atom. The van der Waals surface area contributed by atoms with Crippen LogP contribution in [0.5, 0.6) is 11.5 Å². The Morgan fingerprint density at radius 1 is 0.476 bits per heavy atom. The summed E-state index contributed by atoms with van der Waals surface area (Å²) in [7, 11) is 0. The van der Waals surface area contributed by atoms with Crippen molar-refractivity contribution in [2.24, 2.45) is 0 Å². The first-order chi connectivity index (χ1) is 26.3. The van der Waals surface area contributed by atoms with Gasteiger partial charge in [-0.25, -0.2) is 0 Å². The number of rotatable bonds is 3. The van der Waals surface area contributed by atoms with Gasteiger partial charge in [-0.3, -0.25) is 0 Å². The molecule has 0 saturated carbocycles. The Bertz CT molecular complexity index is 3020. The van der Waals surface area contributed by atoms with Gasteiger partial charge in [-0.15, -0.1) is 0 Å². The molecule has 42 heavy (non-hydrogen) atoms. The van der Waals surface area contributed by atoms with Gasteiger partial charge in [0.15, 0.2) is 0 Å². The largest absolute Gasteiger partial charge is 0.456 e. The third kappa shape index (κ3) is 3.39. The second-order valence-corrected chi connectivity index (χ2v) is 9.93. The molecule has 0 radical (unpaired) electrons. The van der Waals surface area contributed by atoms with E-state index in [1.165, 1.54) is 0 Å². The molecule has 0 unspecified atom stereocenters. The molecule has 2 heterocycles. The second kappa shape index (κ2) is 8.95. The van der Waals surface area contributed by atoms with Crippen LogP contribution in [0.25, 0.3) is 71.6 Å². The summed E-state index contributed by atoms with van der Waals surface area (Å²) in [6.45, 7) is 0. The van der Waals surface area contributed by atoms with Gasteiger partial charge < -0.3 is 9.30 Å². The van der Waals surface area contributed by atoms with Crippen molar-refractivity contribution in [3.63, 3.8) is 0 Å². The molecule has 2 nitrogen and oxygen atoms in total. The summed E-state index contributed by atoms with van der Waals surface area (Å²) < 4.78 is 123. The first kappa shape index (κ1) is 13.8. The highest BCUT2D eigenvalue weighted by Gasteiger charge is 2.21. The molecular formula is C40H25NO. The van der Waals surface area contributed by atoms with Crippen molar-refractivity contribution in [1.29, 1.82) is 0 Å². The topological polar surface area (TPSA) is 14.2 Å². The van der Waals surface area contributed by atoms with Gasteiger partial charge in [-0.1, -0.05) is 109 Å². The highest BCUT2D eigenvalue weighted by Crippen LogP contribution is 2.48. The molecule has 196 valence electrons. The maximum atomic E-state index is 9.26. The number of hydrogen-bond acceptors (Lipinski definition) is 1. The summed E-state index contributed by atoms with van der Waals surface area (Å²) in [5.74, 6) is -0.781. The van der Waals surface area contributed by atoms with E-state index in [-0.39, 0.29) is 38.8 Å². The highest BCUT2D eigenvalue weighted by atomic mass is 16.5. The smallest absolute Gasteiger partial charge is 0.135 e. The molecule has 1 aliphatic rings. The van der Waals surface area contributed by atoms with Crippen LogP contribution in [0.2, 0.25) is 0 Å². The van der Waals surface area contributed by atoms with Crippen LogP contribution in [0.4, 0.5) is 0 Å². The summed E-state index contributed by atoms with van der Waals surface area (Å²) in [5, 5.41) is 1.30. The molecule has 2 heteroatoms. The fourth-order valence-electron chi connectivity index (χ4n) is 5.74. The van der Waals surface area contributed by atoms with E-state index in [4.69, 9.17) is 17.1 Å². The monoisotopic (exact) mass is 548 g/mol. The molecule has 0 aliphatic carbocycles. The zero-order valence-electron chi connectivity index (χ0n) is 34.8. The van der Waals surface area contributed by atoms with Crippen LogP contribution in [0, 0.1) is 0 Å². The molecule has 0 atom stereocenters. The lowest BCUT2D eigenvalue weighted by atomic mass is 9.90. The van der Waals surface area contributed by atoms with Gasteiger partial charge in [-0.05, 0) is 75.6 Å². The van der Waals surface area contributed by atoms with Gasteiger partial charge in [0.05, 0.1) is 28.9 Å². The first-order valence-electron chi connectivity index (χ1n) is 19.8. The number of nitrogens with zero attached hydrogens (tertiary/aromatic N) is 1. The molecule has 0 bridgehead atoms. The molecular weight excluding hydrogens is 510 g/mol. The van der Waals surface area contributed by atoms with Crippen molar-refractivity contribution in [2.45, 2.75) is 0 Å². The average molecular weight is 549 g/mol. The van der Waals surface area contributed by atoms with Gasteiger partial charge in [-0.2, -0.15) is 0 Å². The van der Waals surface area contributed by atoms with Crippen molar-refractivity contribution >= 4 is 32.6 Å². The number of hydrogen-bond donors (Lipinski definition) is 0.